The molecule has 1 fully saturated rings. The lowest BCUT2D eigenvalue weighted by atomic mass is 10.3. The van der Waals surface area contributed by atoms with Crippen LogP contribution in [0.4, 0.5) is 20.3 Å². The molecule has 1 aromatic carbocycles. The Morgan fingerprint density at radius 2 is 1.82 bits per heavy atom. The van der Waals surface area contributed by atoms with Crippen LogP contribution in [0.5, 0.6) is 0 Å². The Morgan fingerprint density at radius 1 is 1.07 bits per heavy atom. The first-order valence-corrected chi connectivity index (χ1v) is 10.8. The van der Waals surface area contributed by atoms with E-state index < -0.39 is 21.7 Å². The third-order valence-corrected chi connectivity index (χ3v) is 5.96. The van der Waals surface area contributed by atoms with E-state index in [-0.39, 0.29) is 10.6 Å². The van der Waals surface area contributed by atoms with Gasteiger partial charge in [-0.25, -0.2) is 22.2 Å². The molecule has 28 heavy (non-hydrogen) atoms. The summed E-state index contributed by atoms with van der Waals surface area (Å²) < 4.78 is 53.7. The fourth-order valence-electron chi connectivity index (χ4n) is 3.29. The molecule has 0 unspecified atom stereocenters. The number of sulfonamides is 1. The Hall–Kier alpha value is -2.26. The molecule has 0 amide bonds. The topological polar surface area (TPSA) is 65.5 Å². The van der Waals surface area contributed by atoms with Gasteiger partial charge >= 0.3 is 0 Å². The number of benzene rings is 1. The maximum atomic E-state index is 13.3. The summed E-state index contributed by atoms with van der Waals surface area (Å²) in [6, 6.07) is 5.63. The SMILES string of the molecule is CCCN1CCCN(c2ccc(S(=O)(=O)Nc3cc(F)cc(F)c3)cn2)CC1. The minimum Gasteiger partial charge on any atom is -0.355 e. The number of halogens is 2. The van der Waals surface area contributed by atoms with Gasteiger partial charge in [0.05, 0.1) is 5.69 Å². The molecule has 0 radical (unpaired) electrons. The van der Waals surface area contributed by atoms with Crippen LogP contribution >= 0.6 is 0 Å². The van der Waals surface area contributed by atoms with Crippen LogP contribution in [-0.2, 0) is 10.0 Å². The lowest BCUT2D eigenvalue weighted by Gasteiger charge is -2.22. The highest BCUT2D eigenvalue weighted by Crippen LogP contribution is 2.20. The van der Waals surface area contributed by atoms with E-state index in [0.29, 0.717) is 11.9 Å². The van der Waals surface area contributed by atoms with Gasteiger partial charge in [0, 0.05) is 31.9 Å². The van der Waals surface area contributed by atoms with Crippen LogP contribution in [-0.4, -0.2) is 51.0 Å². The number of pyridine rings is 1. The molecule has 1 N–H and O–H groups in total. The Kier molecular flexibility index (Phi) is 6.46. The van der Waals surface area contributed by atoms with Crippen LogP contribution in [0.15, 0.2) is 41.4 Å². The Bertz CT molecular complexity index is 886. The summed E-state index contributed by atoms with van der Waals surface area (Å²) in [5.74, 6) is -0.997. The van der Waals surface area contributed by atoms with Gasteiger partial charge in [-0.05, 0) is 50.2 Å². The molecule has 0 aliphatic carbocycles. The Balaban J connectivity index is 1.71. The third kappa shape index (κ3) is 5.17. The summed E-state index contributed by atoms with van der Waals surface area (Å²) >= 11 is 0. The Morgan fingerprint density at radius 3 is 2.46 bits per heavy atom. The molecule has 2 heterocycles. The predicted molar refractivity (Wildman–Crippen MR) is 105 cm³/mol. The summed E-state index contributed by atoms with van der Waals surface area (Å²) in [5.41, 5.74) is -0.176. The van der Waals surface area contributed by atoms with Crippen molar-refractivity contribution in [1.82, 2.24) is 9.88 Å². The Labute approximate surface area is 164 Å². The van der Waals surface area contributed by atoms with Gasteiger partial charge in [-0.1, -0.05) is 6.92 Å². The van der Waals surface area contributed by atoms with E-state index in [1.807, 2.05) is 0 Å². The van der Waals surface area contributed by atoms with Crippen molar-refractivity contribution >= 4 is 21.5 Å². The van der Waals surface area contributed by atoms with Gasteiger partial charge in [0.25, 0.3) is 10.0 Å². The van der Waals surface area contributed by atoms with Crippen LogP contribution in [0.3, 0.4) is 0 Å². The minimum absolute atomic E-state index is 0.0663. The fourth-order valence-corrected chi connectivity index (χ4v) is 4.27. The van der Waals surface area contributed by atoms with Crippen molar-refractivity contribution in [3.8, 4) is 0 Å². The fraction of sp³-hybridized carbons (Fsp3) is 0.421. The number of rotatable bonds is 6. The molecule has 3 rings (SSSR count). The lowest BCUT2D eigenvalue weighted by molar-refractivity contribution is 0.294. The molecule has 0 saturated carbocycles. The number of hydrogen-bond acceptors (Lipinski definition) is 5. The molecule has 2 aromatic rings. The monoisotopic (exact) mass is 410 g/mol. The molecule has 1 aromatic heterocycles. The van der Waals surface area contributed by atoms with Gasteiger partial charge in [-0.3, -0.25) is 4.72 Å². The molecule has 0 spiro atoms. The largest absolute Gasteiger partial charge is 0.355 e. The van der Waals surface area contributed by atoms with Crippen molar-refractivity contribution < 1.29 is 17.2 Å². The minimum atomic E-state index is -3.99. The van der Waals surface area contributed by atoms with E-state index in [1.165, 1.54) is 12.3 Å². The average Bonchev–Trinajstić information content (AvgIpc) is 2.87. The quantitative estimate of drug-likeness (QED) is 0.793. The van der Waals surface area contributed by atoms with Gasteiger partial charge < -0.3 is 9.80 Å². The molecule has 0 bridgehead atoms. The standard InChI is InChI=1S/C19H24F2N4O2S/c1-2-6-24-7-3-8-25(10-9-24)19-5-4-18(14-22-19)28(26,27)23-17-12-15(20)11-16(21)13-17/h4-5,11-14,23H,2-3,6-10H2,1H3. The maximum Gasteiger partial charge on any atom is 0.263 e. The predicted octanol–water partition coefficient (Wildman–Crippen LogP) is 3.08. The molecule has 152 valence electrons. The summed E-state index contributed by atoms with van der Waals surface area (Å²) in [6.45, 7) is 6.92. The highest BCUT2D eigenvalue weighted by atomic mass is 32.2. The van der Waals surface area contributed by atoms with Crippen molar-refractivity contribution in [3.05, 3.63) is 48.2 Å². The molecule has 0 atom stereocenters. The van der Waals surface area contributed by atoms with E-state index in [0.717, 1.165) is 57.7 Å². The van der Waals surface area contributed by atoms with Gasteiger partial charge in [-0.2, -0.15) is 0 Å². The van der Waals surface area contributed by atoms with E-state index in [1.54, 1.807) is 6.07 Å². The van der Waals surface area contributed by atoms with E-state index in [9.17, 15) is 17.2 Å². The molecule has 1 saturated heterocycles. The van der Waals surface area contributed by atoms with Crippen molar-refractivity contribution in [3.63, 3.8) is 0 Å². The van der Waals surface area contributed by atoms with E-state index >= 15 is 0 Å². The zero-order chi connectivity index (χ0) is 20.1. The number of anilines is 2. The molecule has 9 heteroatoms. The summed E-state index contributed by atoms with van der Waals surface area (Å²) in [4.78, 5) is 8.79. The van der Waals surface area contributed by atoms with Crippen LogP contribution < -0.4 is 9.62 Å². The van der Waals surface area contributed by atoms with Crippen molar-refractivity contribution in [2.45, 2.75) is 24.7 Å². The lowest BCUT2D eigenvalue weighted by Crippen LogP contribution is -2.31. The highest BCUT2D eigenvalue weighted by molar-refractivity contribution is 7.92. The molecule has 1 aliphatic rings. The van der Waals surface area contributed by atoms with Crippen LogP contribution in [0.1, 0.15) is 19.8 Å². The van der Waals surface area contributed by atoms with Crippen LogP contribution in [0.25, 0.3) is 0 Å². The number of aromatic nitrogens is 1. The second-order valence-corrected chi connectivity index (χ2v) is 8.48. The number of hydrogen-bond donors (Lipinski definition) is 1. The van der Waals surface area contributed by atoms with Crippen molar-refractivity contribution in [2.24, 2.45) is 0 Å². The first-order valence-electron chi connectivity index (χ1n) is 9.29. The third-order valence-electron chi connectivity index (χ3n) is 4.60. The van der Waals surface area contributed by atoms with Crippen LogP contribution in [0, 0.1) is 11.6 Å². The summed E-state index contributed by atoms with van der Waals surface area (Å²) in [5, 5.41) is 0. The van der Waals surface area contributed by atoms with E-state index in [4.69, 9.17) is 0 Å². The van der Waals surface area contributed by atoms with Crippen molar-refractivity contribution in [1.29, 1.82) is 0 Å². The second-order valence-electron chi connectivity index (χ2n) is 6.80. The summed E-state index contributed by atoms with van der Waals surface area (Å²) in [6.07, 6.45) is 3.41. The highest BCUT2D eigenvalue weighted by Gasteiger charge is 2.19. The summed E-state index contributed by atoms with van der Waals surface area (Å²) in [7, 11) is -3.99. The van der Waals surface area contributed by atoms with Gasteiger partial charge in [0.1, 0.15) is 22.3 Å². The normalized spacial score (nSPS) is 16.0. The zero-order valence-electron chi connectivity index (χ0n) is 15.7. The maximum absolute atomic E-state index is 13.3. The molecular weight excluding hydrogens is 386 g/mol. The molecular formula is C19H24F2N4O2S. The average molecular weight is 410 g/mol. The van der Waals surface area contributed by atoms with Crippen LogP contribution in [0.2, 0.25) is 0 Å². The second kappa shape index (κ2) is 8.83. The smallest absolute Gasteiger partial charge is 0.263 e. The zero-order valence-corrected chi connectivity index (χ0v) is 16.6. The van der Waals surface area contributed by atoms with Crippen molar-refractivity contribution in [2.75, 3.05) is 42.3 Å². The molecule has 1 aliphatic heterocycles. The van der Waals surface area contributed by atoms with E-state index in [2.05, 4.69) is 26.4 Å². The first-order chi connectivity index (χ1) is 13.4. The number of nitrogens with one attached hydrogen (secondary N) is 1. The molecule has 6 nitrogen and oxygen atoms in total. The van der Waals surface area contributed by atoms with Gasteiger partial charge in [-0.15, -0.1) is 0 Å². The number of nitrogens with zero attached hydrogens (tertiary/aromatic N) is 3. The van der Waals surface area contributed by atoms with Gasteiger partial charge in [0.15, 0.2) is 0 Å². The van der Waals surface area contributed by atoms with Gasteiger partial charge in [0.2, 0.25) is 0 Å². The first kappa shape index (κ1) is 20.5.